The summed E-state index contributed by atoms with van der Waals surface area (Å²) < 4.78 is 7.05. The van der Waals surface area contributed by atoms with Crippen molar-refractivity contribution in [3.05, 3.63) is 58.5 Å². The summed E-state index contributed by atoms with van der Waals surface area (Å²) in [6.07, 6.45) is -0.365. The molecule has 0 fully saturated rings. The van der Waals surface area contributed by atoms with Crippen LogP contribution in [-0.2, 0) is 20.7 Å². The fourth-order valence-corrected chi connectivity index (χ4v) is 3.21. The third-order valence-electron chi connectivity index (χ3n) is 4.82. The number of nitrogens with one attached hydrogen (secondary N) is 1. The minimum absolute atomic E-state index is 0.129. The molecule has 0 aliphatic rings. The molecule has 1 amide bonds. The number of amides is 1. The van der Waals surface area contributed by atoms with E-state index in [9.17, 15) is 9.59 Å². The molecule has 8 heteroatoms. The van der Waals surface area contributed by atoms with E-state index in [0.717, 1.165) is 28.3 Å². The molecular weight excluding hydrogens is 382 g/mol. The van der Waals surface area contributed by atoms with Crippen molar-refractivity contribution in [3.8, 4) is 6.07 Å². The molecule has 0 saturated carbocycles. The third kappa shape index (κ3) is 4.63. The molecule has 0 aliphatic carbocycles. The minimum atomic E-state index is -0.940. The van der Waals surface area contributed by atoms with Gasteiger partial charge >= 0.3 is 5.97 Å². The van der Waals surface area contributed by atoms with Gasteiger partial charge in [0.05, 0.1) is 17.3 Å². The van der Waals surface area contributed by atoms with Gasteiger partial charge in [-0.15, -0.1) is 0 Å². The molecule has 0 aliphatic heterocycles. The first-order valence-electron chi connectivity index (χ1n) is 9.61. The molecule has 154 valence electrons. The van der Waals surface area contributed by atoms with E-state index in [2.05, 4.69) is 15.4 Å². The van der Waals surface area contributed by atoms with Gasteiger partial charge in [0, 0.05) is 29.6 Å². The number of nitrogens with zero attached hydrogens (tertiary/aromatic N) is 4. The Labute approximate surface area is 174 Å². The van der Waals surface area contributed by atoms with E-state index in [1.807, 2.05) is 32.9 Å². The summed E-state index contributed by atoms with van der Waals surface area (Å²) in [6.45, 7) is 7.28. The first kappa shape index (κ1) is 21.0. The highest BCUT2D eigenvalue weighted by Crippen LogP contribution is 2.17. The summed E-state index contributed by atoms with van der Waals surface area (Å²) in [6, 6.07) is 10.4. The Morgan fingerprint density at radius 3 is 2.60 bits per heavy atom. The summed E-state index contributed by atoms with van der Waals surface area (Å²) in [5.74, 6) is -0.899. The van der Waals surface area contributed by atoms with Crippen LogP contribution in [0.4, 0.5) is 5.69 Å². The van der Waals surface area contributed by atoms with Crippen molar-refractivity contribution in [1.82, 2.24) is 14.6 Å². The van der Waals surface area contributed by atoms with Crippen LogP contribution in [0.5, 0.6) is 0 Å². The molecule has 0 radical (unpaired) electrons. The average molecular weight is 405 g/mol. The molecule has 30 heavy (non-hydrogen) atoms. The van der Waals surface area contributed by atoms with Crippen molar-refractivity contribution in [2.75, 3.05) is 5.32 Å². The quantitative estimate of drug-likeness (QED) is 0.631. The lowest BCUT2D eigenvalue weighted by atomic mass is 10.1. The Morgan fingerprint density at radius 2 is 1.93 bits per heavy atom. The monoisotopic (exact) mass is 405 g/mol. The highest BCUT2D eigenvalue weighted by Gasteiger charge is 2.19. The number of nitriles is 1. The Hall–Kier alpha value is -3.73. The van der Waals surface area contributed by atoms with Gasteiger partial charge in [0.1, 0.15) is 0 Å². The standard InChI is InChI=1S/C22H23N5O3/c1-13-11-20-24-14(2)19(15(3)27(20)26-13)9-10-21(28)30-16(4)22(29)25-18-7-5-17(12-23)6-8-18/h5-8,11,16H,9-10H2,1-4H3,(H,25,29)/t16-/m0/s1. The zero-order valence-electron chi connectivity index (χ0n) is 17.4. The molecule has 1 aromatic carbocycles. The first-order chi connectivity index (χ1) is 14.3. The molecular formula is C22H23N5O3. The van der Waals surface area contributed by atoms with Crippen LogP contribution in [0, 0.1) is 32.1 Å². The molecule has 0 bridgehead atoms. The number of carbonyl (C=O) groups excluding carboxylic acids is 2. The lowest BCUT2D eigenvalue weighted by Gasteiger charge is -2.14. The molecule has 2 heterocycles. The van der Waals surface area contributed by atoms with E-state index in [0.29, 0.717) is 17.7 Å². The van der Waals surface area contributed by atoms with Gasteiger partial charge in [-0.2, -0.15) is 10.4 Å². The minimum Gasteiger partial charge on any atom is -0.453 e. The second-order valence-corrected chi connectivity index (χ2v) is 7.13. The number of fused-ring (bicyclic) bond motifs is 1. The fraction of sp³-hybridized carbons (Fsp3) is 0.318. The molecule has 3 rings (SSSR count). The largest absolute Gasteiger partial charge is 0.453 e. The predicted octanol–water partition coefficient (Wildman–Crippen LogP) is 3.03. The van der Waals surface area contributed by atoms with Crippen LogP contribution in [0.15, 0.2) is 30.3 Å². The van der Waals surface area contributed by atoms with Gasteiger partial charge < -0.3 is 10.1 Å². The van der Waals surface area contributed by atoms with E-state index >= 15 is 0 Å². The molecule has 0 unspecified atom stereocenters. The van der Waals surface area contributed by atoms with Crippen molar-refractivity contribution in [2.45, 2.75) is 46.6 Å². The zero-order chi connectivity index (χ0) is 21.8. The van der Waals surface area contributed by atoms with Gasteiger partial charge in [0.15, 0.2) is 11.8 Å². The number of carbonyl (C=O) groups is 2. The van der Waals surface area contributed by atoms with E-state index in [1.54, 1.807) is 28.8 Å². The van der Waals surface area contributed by atoms with Crippen LogP contribution in [0.1, 0.15) is 41.6 Å². The van der Waals surface area contributed by atoms with E-state index < -0.39 is 18.0 Å². The topological polar surface area (TPSA) is 109 Å². The van der Waals surface area contributed by atoms with Gasteiger partial charge in [-0.05, 0) is 63.9 Å². The maximum absolute atomic E-state index is 12.3. The number of hydrogen-bond donors (Lipinski definition) is 1. The van der Waals surface area contributed by atoms with Crippen molar-refractivity contribution >= 4 is 23.2 Å². The highest BCUT2D eigenvalue weighted by molar-refractivity contribution is 5.95. The summed E-state index contributed by atoms with van der Waals surface area (Å²) >= 11 is 0. The van der Waals surface area contributed by atoms with Crippen LogP contribution in [0.2, 0.25) is 0 Å². The number of hydrogen-bond acceptors (Lipinski definition) is 6. The van der Waals surface area contributed by atoms with Crippen LogP contribution < -0.4 is 5.32 Å². The molecule has 2 aromatic heterocycles. The van der Waals surface area contributed by atoms with Gasteiger partial charge in [-0.3, -0.25) is 9.59 Å². The second-order valence-electron chi connectivity index (χ2n) is 7.13. The number of rotatable bonds is 6. The molecule has 1 atom stereocenters. The van der Waals surface area contributed by atoms with Gasteiger partial charge in [-0.1, -0.05) is 0 Å². The lowest BCUT2D eigenvalue weighted by Crippen LogP contribution is -2.30. The van der Waals surface area contributed by atoms with E-state index in [1.165, 1.54) is 6.92 Å². The number of ether oxygens (including phenoxy) is 1. The number of esters is 1. The Morgan fingerprint density at radius 1 is 1.23 bits per heavy atom. The van der Waals surface area contributed by atoms with Crippen LogP contribution in [0.25, 0.3) is 5.65 Å². The maximum atomic E-state index is 12.3. The average Bonchev–Trinajstić information content (AvgIpc) is 3.08. The normalized spacial score (nSPS) is 11.7. The van der Waals surface area contributed by atoms with Crippen molar-refractivity contribution in [2.24, 2.45) is 0 Å². The Bertz CT molecular complexity index is 1140. The first-order valence-corrected chi connectivity index (χ1v) is 9.61. The van der Waals surface area contributed by atoms with Crippen molar-refractivity contribution < 1.29 is 14.3 Å². The van der Waals surface area contributed by atoms with Crippen molar-refractivity contribution in [1.29, 1.82) is 5.26 Å². The summed E-state index contributed by atoms with van der Waals surface area (Å²) in [7, 11) is 0. The SMILES string of the molecule is Cc1cc2nc(C)c(CCC(=O)O[C@@H](C)C(=O)Nc3ccc(C#N)cc3)c(C)n2n1. The van der Waals surface area contributed by atoms with E-state index in [4.69, 9.17) is 10.00 Å². The maximum Gasteiger partial charge on any atom is 0.306 e. The Kier molecular flexibility index (Phi) is 6.11. The number of anilines is 1. The van der Waals surface area contributed by atoms with Gasteiger partial charge in [0.25, 0.3) is 5.91 Å². The van der Waals surface area contributed by atoms with Crippen LogP contribution in [-0.4, -0.2) is 32.6 Å². The predicted molar refractivity (Wildman–Crippen MR) is 111 cm³/mol. The molecule has 8 nitrogen and oxygen atoms in total. The van der Waals surface area contributed by atoms with E-state index in [-0.39, 0.29) is 6.42 Å². The van der Waals surface area contributed by atoms with Crippen molar-refractivity contribution in [3.63, 3.8) is 0 Å². The molecule has 0 spiro atoms. The van der Waals surface area contributed by atoms with Crippen LogP contribution >= 0.6 is 0 Å². The van der Waals surface area contributed by atoms with Gasteiger partial charge in [-0.25, -0.2) is 9.50 Å². The fourth-order valence-electron chi connectivity index (χ4n) is 3.21. The Balaban J connectivity index is 1.58. The second kappa shape index (κ2) is 8.74. The number of benzene rings is 1. The highest BCUT2D eigenvalue weighted by atomic mass is 16.5. The van der Waals surface area contributed by atoms with Crippen LogP contribution in [0.3, 0.4) is 0 Å². The molecule has 0 saturated heterocycles. The third-order valence-corrected chi connectivity index (χ3v) is 4.82. The lowest BCUT2D eigenvalue weighted by molar-refractivity contribution is -0.153. The smallest absolute Gasteiger partial charge is 0.306 e. The molecule has 3 aromatic rings. The summed E-state index contributed by atoms with van der Waals surface area (Å²) in [5, 5.41) is 15.9. The number of aryl methyl sites for hydroxylation is 3. The molecule has 1 N–H and O–H groups in total. The summed E-state index contributed by atoms with van der Waals surface area (Å²) in [4.78, 5) is 29.1. The number of aromatic nitrogens is 3. The zero-order valence-corrected chi connectivity index (χ0v) is 17.4. The summed E-state index contributed by atoms with van der Waals surface area (Å²) in [5.41, 5.74) is 5.41. The van der Waals surface area contributed by atoms with Gasteiger partial charge in [0.2, 0.25) is 0 Å².